The summed E-state index contributed by atoms with van der Waals surface area (Å²) in [4.78, 5) is 15.1. The highest BCUT2D eigenvalue weighted by molar-refractivity contribution is 7.20. The zero-order chi connectivity index (χ0) is 14.4. The summed E-state index contributed by atoms with van der Waals surface area (Å²) in [5.41, 5.74) is 14.7. The zero-order valence-electron chi connectivity index (χ0n) is 11.4. The number of fused-ring (bicyclic) bond motifs is 1. The highest BCUT2D eigenvalue weighted by atomic mass is 32.1. The van der Waals surface area contributed by atoms with Crippen molar-refractivity contribution in [2.45, 2.75) is 33.1 Å². The van der Waals surface area contributed by atoms with E-state index >= 15 is 0 Å². The van der Waals surface area contributed by atoms with Crippen LogP contribution >= 0.6 is 11.3 Å². The Kier molecular flexibility index (Phi) is 3.14. The SMILES string of the molecule is Cc1c(C(C)(C)C)c(N)cc2sc(OC(N)=O)nc12. The third kappa shape index (κ3) is 2.49. The summed E-state index contributed by atoms with van der Waals surface area (Å²) in [7, 11) is 0. The summed E-state index contributed by atoms with van der Waals surface area (Å²) < 4.78 is 5.71. The fourth-order valence-electron chi connectivity index (χ4n) is 2.35. The van der Waals surface area contributed by atoms with Crippen molar-refractivity contribution in [2.75, 3.05) is 5.73 Å². The molecular formula is C13H17N3O2S. The molecule has 1 heterocycles. The van der Waals surface area contributed by atoms with Gasteiger partial charge in [-0.15, -0.1) is 0 Å². The summed E-state index contributed by atoms with van der Waals surface area (Å²) in [6, 6.07) is 1.87. The molecule has 0 bridgehead atoms. The molecule has 0 aliphatic heterocycles. The molecule has 0 saturated carbocycles. The fraction of sp³-hybridized carbons (Fsp3) is 0.385. The summed E-state index contributed by atoms with van der Waals surface area (Å²) in [6.07, 6.45) is -0.860. The van der Waals surface area contributed by atoms with E-state index in [1.54, 1.807) is 0 Å². The molecule has 0 unspecified atom stereocenters. The first-order valence-electron chi connectivity index (χ1n) is 5.87. The van der Waals surface area contributed by atoms with Gasteiger partial charge in [-0.25, -0.2) is 9.78 Å². The molecule has 4 N–H and O–H groups in total. The summed E-state index contributed by atoms with van der Waals surface area (Å²) in [5, 5.41) is 0.246. The number of carbonyl (C=O) groups excluding carboxylic acids is 1. The number of carbonyl (C=O) groups is 1. The number of aryl methyl sites for hydroxylation is 1. The van der Waals surface area contributed by atoms with Crippen molar-refractivity contribution in [2.24, 2.45) is 5.73 Å². The third-order valence-electron chi connectivity index (χ3n) is 2.88. The molecule has 102 valence electrons. The van der Waals surface area contributed by atoms with E-state index < -0.39 is 6.09 Å². The lowest BCUT2D eigenvalue weighted by atomic mass is 9.82. The van der Waals surface area contributed by atoms with Gasteiger partial charge in [0.2, 0.25) is 0 Å². The molecule has 0 aliphatic rings. The van der Waals surface area contributed by atoms with Gasteiger partial charge in [0.15, 0.2) is 0 Å². The molecule has 0 saturated heterocycles. The van der Waals surface area contributed by atoms with Crippen molar-refractivity contribution < 1.29 is 9.53 Å². The normalized spacial score (nSPS) is 11.8. The molecule has 0 atom stereocenters. The van der Waals surface area contributed by atoms with Crippen LogP contribution in [0.4, 0.5) is 10.5 Å². The number of nitrogen functional groups attached to an aromatic ring is 1. The third-order valence-corrected chi connectivity index (χ3v) is 3.76. The number of amides is 1. The standard InChI is InChI=1S/C13H17N3O2S/c1-6-9(13(2,3)4)7(14)5-8-10(6)16-12(19-8)18-11(15)17/h5H,14H2,1-4H3,(H2,15,17). The Morgan fingerprint density at radius 3 is 2.58 bits per heavy atom. The number of nitrogens with zero attached hydrogens (tertiary/aromatic N) is 1. The fourth-order valence-corrected chi connectivity index (χ4v) is 3.28. The van der Waals surface area contributed by atoms with Crippen molar-refractivity contribution in [3.05, 3.63) is 17.2 Å². The van der Waals surface area contributed by atoms with Gasteiger partial charge < -0.3 is 16.2 Å². The van der Waals surface area contributed by atoms with Gasteiger partial charge in [-0.1, -0.05) is 32.1 Å². The minimum atomic E-state index is -0.860. The van der Waals surface area contributed by atoms with E-state index in [0.29, 0.717) is 0 Å². The number of ether oxygens (including phenoxy) is 1. The van der Waals surface area contributed by atoms with Gasteiger partial charge in [-0.2, -0.15) is 0 Å². The average molecular weight is 279 g/mol. The van der Waals surface area contributed by atoms with Gasteiger partial charge in [0.1, 0.15) is 0 Å². The lowest BCUT2D eigenvalue weighted by Gasteiger charge is -2.23. The second-order valence-corrected chi connectivity index (χ2v) is 6.46. The number of hydrogen-bond donors (Lipinski definition) is 2. The first-order chi connectivity index (χ1) is 8.70. The molecule has 1 amide bonds. The predicted molar refractivity (Wildman–Crippen MR) is 77.7 cm³/mol. The molecule has 19 heavy (non-hydrogen) atoms. The quantitative estimate of drug-likeness (QED) is 0.785. The monoisotopic (exact) mass is 279 g/mol. The summed E-state index contributed by atoms with van der Waals surface area (Å²) >= 11 is 1.26. The molecule has 0 aliphatic carbocycles. The average Bonchev–Trinajstić information content (AvgIpc) is 2.56. The van der Waals surface area contributed by atoms with Gasteiger partial charge in [0, 0.05) is 5.69 Å². The summed E-state index contributed by atoms with van der Waals surface area (Å²) in [6.45, 7) is 8.28. The van der Waals surface area contributed by atoms with E-state index in [1.165, 1.54) is 11.3 Å². The second kappa shape index (κ2) is 4.38. The lowest BCUT2D eigenvalue weighted by Crippen LogP contribution is -2.16. The van der Waals surface area contributed by atoms with Crippen LogP contribution in [0.3, 0.4) is 0 Å². The summed E-state index contributed by atoms with van der Waals surface area (Å²) in [5.74, 6) is 0. The Bertz CT molecular complexity index is 656. The van der Waals surface area contributed by atoms with Crippen LogP contribution in [-0.4, -0.2) is 11.1 Å². The lowest BCUT2D eigenvalue weighted by molar-refractivity contribution is 0.211. The minimum absolute atomic E-state index is 0.0727. The molecule has 5 nitrogen and oxygen atoms in total. The number of anilines is 1. The molecular weight excluding hydrogens is 262 g/mol. The maximum absolute atomic E-state index is 10.8. The van der Waals surface area contributed by atoms with Crippen LogP contribution in [0.25, 0.3) is 10.2 Å². The minimum Gasteiger partial charge on any atom is -0.398 e. The highest BCUT2D eigenvalue weighted by Crippen LogP contribution is 2.39. The number of benzene rings is 1. The Morgan fingerprint density at radius 1 is 1.42 bits per heavy atom. The Morgan fingerprint density at radius 2 is 2.05 bits per heavy atom. The van der Waals surface area contributed by atoms with E-state index in [1.807, 2.05) is 13.0 Å². The van der Waals surface area contributed by atoms with Crippen molar-refractivity contribution in [1.29, 1.82) is 0 Å². The molecule has 0 spiro atoms. The van der Waals surface area contributed by atoms with Crippen LogP contribution in [-0.2, 0) is 5.41 Å². The number of aromatic nitrogens is 1. The van der Waals surface area contributed by atoms with Crippen LogP contribution in [0.1, 0.15) is 31.9 Å². The van der Waals surface area contributed by atoms with Crippen molar-refractivity contribution in [3.63, 3.8) is 0 Å². The van der Waals surface area contributed by atoms with Crippen LogP contribution < -0.4 is 16.2 Å². The number of thiazole rings is 1. The molecule has 0 radical (unpaired) electrons. The first kappa shape index (κ1) is 13.6. The Balaban J connectivity index is 2.67. The van der Waals surface area contributed by atoms with E-state index in [2.05, 4.69) is 25.8 Å². The molecule has 6 heteroatoms. The smallest absolute Gasteiger partial charge is 0.398 e. The zero-order valence-corrected chi connectivity index (χ0v) is 12.2. The second-order valence-electron chi connectivity index (χ2n) is 5.46. The van der Waals surface area contributed by atoms with Gasteiger partial charge in [-0.3, -0.25) is 0 Å². The van der Waals surface area contributed by atoms with Crippen molar-refractivity contribution in [3.8, 4) is 5.19 Å². The van der Waals surface area contributed by atoms with Crippen LogP contribution in [0, 0.1) is 6.92 Å². The molecule has 2 rings (SSSR count). The Labute approximate surface area is 115 Å². The van der Waals surface area contributed by atoms with E-state index in [4.69, 9.17) is 16.2 Å². The maximum Gasteiger partial charge on any atom is 0.411 e. The van der Waals surface area contributed by atoms with Crippen LogP contribution in [0.2, 0.25) is 0 Å². The molecule has 1 aromatic carbocycles. The predicted octanol–water partition coefficient (Wildman–Crippen LogP) is 2.94. The van der Waals surface area contributed by atoms with Crippen LogP contribution in [0.15, 0.2) is 6.07 Å². The van der Waals surface area contributed by atoms with E-state index in [0.717, 1.165) is 27.0 Å². The van der Waals surface area contributed by atoms with Gasteiger partial charge in [-0.05, 0) is 29.5 Å². The molecule has 2 aromatic rings. The van der Waals surface area contributed by atoms with Gasteiger partial charge in [0.05, 0.1) is 10.2 Å². The molecule has 0 fully saturated rings. The van der Waals surface area contributed by atoms with E-state index in [9.17, 15) is 4.79 Å². The van der Waals surface area contributed by atoms with Crippen LogP contribution in [0.5, 0.6) is 5.19 Å². The van der Waals surface area contributed by atoms with Gasteiger partial charge >= 0.3 is 6.09 Å². The highest BCUT2D eigenvalue weighted by Gasteiger charge is 2.23. The number of rotatable bonds is 1. The number of primary amides is 1. The van der Waals surface area contributed by atoms with Crippen molar-refractivity contribution >= 4 is 33.3 Å². The van der Waals surface area contributed by atoms with E-state index in [-0.39, 0.29) is 10.6 Å². The first-order valence-corrected chi connectivity index (χ1v) is 6.69. The number of nitrogens with two attached hydrogens (primary N) is 2. The van der Waals surface area contributed by atoms with Crippen molar-refractivity contribution in [1.82, 2.24) is 4.98 Å². The topological polar surface area (TPSA) is 91.2 Å². The Hall–Kier alpha value is -1.82. The van der Waals surface area contributed by atoms with Gasteiger partial charge in [0.25, 0.3) is 5.19 Å². The molecule has 1 aromatic heterocycles. The largest absolute Gasteiger partial charge is 0.411 e. The maximum atomic E-state index is 10.8. The number of hydrogen-bond acceptors (Lipinski definition) is 5.